The Morgan fingerprint density at radius 3 is 2.31 bits per heavy atom. The maximum absolute atomic E-state index is 5.58. The lowest BCUT2D eigenvalue weighted by Crippen LogP contribution is -2.35. The van der Waals surface area contributed by atoms with E-state index in [0.717, 1.165) is 6.54 Å². The van der Waals surface area contributed by atoms with Crippen LogP contribution in [0.25, 0.3) is 0 Å². The Morgan fingerprint density at radius 1 is 1.15 bits per heavy atom. The molecule has 1 unspecified atom stereocenters. The summed E-state index contributed by atoms with van der Waals surface area (Å²) in [5.74, 6) is 0. The summed E-state index contributed by atoms with van der Waals surface area (Å²) >= 11 is 0. The zero-order valence-corrected chi connectivity index (χ0v) is 9.55. The lowest BCUT2D eigenvalue weighted by Gasteiger charge is -2.22. The monoisotopic (exact) mass is 186 g/mol. The highest BCUT2D eigenvalue weighted by atomic mass is 15.1. The minimum atomic E-state index is 0.533. The molecule has 2 nitrogen and oxygen atoms in total. The van der Waals surface area contributed by atoms with Crippen molar-refractivity contribution in [2.45, 2.75) is 52.0 Å². The molecule has 0 saturated carbocycles. The smallest absolute Gasteiger partial charge is 0.0187 e. The van der Waals surface area contributed by atoms with Gasteiger partial charge >= 0.3 is 0 Å². The quantitative estimate of drug-likeness (QED) is 0.589. The van der Waals surface area contributed by atoms with Gasteiger partial charge in [0, 0.05) is 12.6 Å². The van der Waals surface area contributed by atoms with Gasteiger partial charge < -0.3 is 10.6 Å². The van der Waals surface area contributed by atoms with Gasteiger partial charge in [0.15, 0.2) is 0 Å². The first-order valence-corrected chi connectivity index (χ1v) is 5.62. The maximum atomic E-state index is 5.58. The second-order valence-electron chi connectivity index (χ2n) is 3.98. The van der Waals surface area contributed by atoms with Crippen LogP contribution < -0.4 is 5.73 Å². The van der Waals surface area contributed by atoms with Gasteiger partial charge in [-0.05, 0) is 26.9 Å². The highest BCUT2D eigenvalue weighted by molar-refractivity contribution is 4.63. The van der Waals surface area contributed by atoms with Crippen LogP contribution in [0.3, 0.4) is 0 Å². The Labute approximate surface area is 83.5 Å². The summed E-state index contributed by atoms with van der Waals surface area (Å²) in [6.45, 7) is 6.40. The fourth-order valence-electron chi connectivity index (χ4n) is 1.37. The van der Waals surface area contributed by atoms with Crippen molar-refractivity contribution < 1.29 is 0 Å². The van der Waals surface area contributed by atoms with Gasteiger partial charge in [0.25, 0.3) is 0 Å². The van der Waals surface area contributed by atoms with Crippen molar-refractivity contribution in [1.29, 1.82) is 0 Å². The molecule has 0 aromatic heterocycles. The first-order chi connectivity index (χ1) is 6.22. The summed E-state index contributed by atoms with van der Waals surface area (Å²) in [4.78, 5) is 2.35. The summed E-state index contributed by atoms with van der Waals surface area (Å²) in [5, 5.41) is 0. The molecule has 2 heteroatoms. The molecule has 0 aliphatic heterocycles. The standard InChI is InChI=1S/C11H26N2/c1-4-5-6-7-8-9-13(3)11(2)10-12/h11H,4-10,12H2,1-3H3. The van der Waals surface area contributed by atoms with Crippen LogP contribution >= 0.6 is 0 Å². The first kappa shape index (κ1) is 12.9. The van der Waals surface area contributed by atoms with Crippen molar-refractivity contribution in [3.05, 3.63) is 0 Å². The first-order valence-electron chi connectivity index (χ1n) is 5.62. The molecular formula is C11H26N2. The minimum absolute atomic E-state index is 0.533. The molecule has 0 aromatic rings. The minimum Gasteiger partial charge on any atom is -0.329 e. The highest BCUT2D eigenvalue weighted by Gasteiger charge is 2.05. The third kappa shape index (κ3) is 7.03. The van der Waals surface area contributed by atoms with Gasteiger partial charge in [0.05, 0.1) is 0 Å². The van der Waals surface area contributed by atoms with E-state index in [1.165, 1.54) is 38.6 Å². The Morgan fingerprint density at radius 2 is 1.77 bits per heavy atom. The molecule has 0 radical (unpaired) electrons. The lowest BCUT2D eigenvalue weighted by atomic mass is 10.1. The van der Waals surface area contributed by atoms with Crippen LogP contribution in [0.4, 0.5) is 0 Å². The van der Waals surface area contributed by atoms with Gasteiger partial charge in [-0.1, -0.05) is 32.6 Å². The number of rotatable bonds is 8. The molecule has 0 aliphatic carbocycles. The molecule has 0 saturated heterocycles. The number of unbranched alkanes of at least 4 members (excludes halogenated alkanes) is 4. The maximum Gasteiger partial charge on any atom is 0.0187 e. The van der Waals surface area contributed by atoms with Gasteiger partial charge in [-0.3, -0.25) is 0 Å². The number of nitrogens with two attached hydrogens (primary N) is 1. The van der Waals surface area contributed by atoms with E-state index in [1.807, 2.05) is 0 Å². The van der Waals surface area contributed by atoms with Gasteiger partial charge in [0.2, 0.25) is 0 Å². The summed E-state index contributed by atoms with van der Waals surface area (Å²) in [6, 6.07) is 0.533. The van der Waals surface area contributed by atoms with Crippen LogP contribution in [0.2, 0.25) is 0 Å². The average molecular weight is 186 g/mol. The molecule has 0 aliphatic rings. The van der Waals surface area contributed by atoms with Gasteiger partial charge in [-0.25, -0.2) is 0 Å². The SMILES string of the molecule is CCCCCCCN(C)C(C)CN. The van der Waals surface area contributed by atoms with E-state index in [4.69, 9.17) is 5.73 Å². The average Bonchev–Trinajstić information content (AvgIpc) is 2.16. The van der Waals surface area contributed by atoms with Crippen LogP contribution in [0.15, 0.2) is 0 Å². The van der Waals surface area contributed by atoms with E-state index in [1.54, 1.807) is 0 Å². The van der Waals surface area contributed by atoms with Gasteiger partial charge in [-0.2, -0.15) is 0 Å². The van der Waals surface area contributed by atoms with Crippen molar-refractivity contribution in [3.8, 4) is 0 Å². The third-order valence-electron chi connectivity index (χ3n) is 2.71. The summed E-state index contributed by atoms with van der Waals surface area (Å²) in [5.41, 5.74) is 5.58. The largest absolute Gasteiger partial charge is 0.329 e. The molecule has 0 heterocycles. The van der Waals surface area contributed by atoms with Crippen molar-refractivity contribution in [2.75, 3.05) is 20.1 Å². The Hall–Kier alpha value is -0.0800. The van der Waals surface area contributed by atoms with Crippen LogP contribution in [0.5, 0.6) is 0 Å². The fourth-order valence-corrected chi connectivity index (χ4v) is 1.37. The molecule has 0 amide bonds. The molecule has 2 N–H and O–H groups in total. The third-order valence-corrected chi connectivity index (χ3v) is 2.71. The van der Waals surface area contributed by atoms with Gasteiger partial charge in [0.1, 0.15) is 0 Å². The number of nitrogens with zero attached hydrogens (tertiary/aromatic N) is 1. The van der Waals surface area contributed by atoms with Crippen molar-refractivity contribution in [2.24, 2.45) is 5.73 Å². The molecule has 13 heavy (non-hydrogen) atoms. The van der Waals surface area contributed by atoms with Crippen LogP contribution in [0.1, 0.15) is 46.0 Å². The Balaban J connectivity index is 3.21. The van der Waals surface area contributed by atoms with E-state index in [-0.39, 0.29) is 0 Å². The second kappa shape index (κ2) is 8.52. The topological polar surface area (TPSA) is 29.3 Å². The molecule has 0 fully saturated rings. The second-order valence-corrected chi connectivity index (χ2v) is 3.98. The van der Waals surface area contributed by atoms with E-state index in [2.05, 4.69) is 25.8 Å². The van der Waals surface area contributed by atoms with Crippen molar-refractivity contribution in [1.82, 2.24) is 4.90 Å². The van der Waals surface area contributed by atoms with E-state index in [0.29, 0.717) is 6.04 Å². The molecule has 0 bridgehead atoms. The Bertz CT molecular complexity index is 104. The van der Waals surface area contributed by atoms with Gasteiger partial charge in [-0.15, -0.1) is 0 Å². The normalized spacial score (nSPS) is 13.6. The predicted octanol–water partition coefficient (Wildman–Crippen LogP) is 2.24. The van der Waals surface area contributed by atoms with E-state index < -0.39 is 0 Å². The van der Waals surface area contributed by atoms with Crippen LogP contribution in [0, 0.1) is 0 Å². The van der Waals surface area contributed by atoms with Crippen LogP contribution in [-0.4, -0.2) is 31.1 Å². The Kier molecular flexibility index (Phi) is 8.46. The number of likely N-dealkylation sites (N-methyl/N-ethyl adjacent to an activating group) is 1. The molecule has 0 aromatic carbocycles. The molecule has 0 rings (SSSR count). The van der Waals surface area contributed by atoms with Crippen molar-refractivity contribution in [3.63, 3.8) is 0 Å². The summed E-state index contributed by atoms with van der Waals surface area (Å²) in [7, 11) is 2.16. The van der Waals surface area contributed by atoms with Crippen molar-refractivity contribution >= 4 is 0 Å². The molecule has 1 atom stereocenters. The lowest BCUT2D eigenvalue weighted by molar-refractivity contribution is 0.256. The zero-order chi connectivity index (χ0) is 10.1. The molecule has 80 valence electrons. The number of hydrogen-bond acceptors (Lipinski definition) is 2. The zero-order valence-electron chi connectivity index (χ0n) is 9.55. The fraction of sp³-hybridized carbons (Fsp3) is 1.00. The van der Waals surface area contributed by atoms with Crippen LogP contribution in [-0.2, 0) is 0 Å². The number of hydrogen-bond donors (Lipinski definition) is 1. The highest BCUT2D eigenvalue weighted by Crippen LogP contribution is 2.04. The van der Waals surface area contributed by atoms with E-state index >= 15 is 0 Å². The molecular weight excluding hydrogens is 160 g/mol. The predicted molar refractivity (Wildman–Crippen MR) is 59.9 cm³/mol. The van der Waals surface area contributed by atoms with E-state index in [9.17, 15) is 0 Å². The summed E-state index contributed by atoms with van der Waals surface area (Å²) < 4.78 is 0. The summed E-state index contributed by atoms with van der Waals surface area (Å²) in [6.07, 6.45) is 6.79. The molecule has 0 spiro atoms.